The Labute approximate surface area is 76.3 Å². The normalized spacial score (nSPS) is 16.9. The molecule has 11 heavy (non-hydrogen) atoms. The number of rotatable bonds is 5. The molecule has 0 aromatic heterocycles. The Kier molecular flexibility index (Phi) is 6.03. The van der Waals surface area contributed by atoms with Crippen molar-refractivity contribution in [2.24, 2.45) is 17.8 Å². The zero-order chi connectivity index (χ0) is 8.85. The Hall–Kier alpha value is 0.290. The van der Waals surface area contributed by atoms with Gasteiger partial charge in [-0.25, -0.2) is 0 Å². The third-order valence-corrected chi connectivity index (χ3v) is 3.05. The van der Waals surface area contributed by atoms with E-state index in [9.17, 15) is 0 Å². The highest BCUT2D eigenvalue weighted by atomic mass is 35.5. The molecule has 0 saturated carbocycles. The summed E-state index contributed by atoms with van der Waals surface area (Å²) >= 11 is 5.89. The van der Waals surface area contributed by atoms with Gasteiger partial charge in [0, 0.05) is 5.88 Å². The predicted molar refractivity (Wildman–Crippen MR) is 53.1 cm³/mol. The first-order valence-corrected chi connectivity index (χ1v) is 5.22. The van der Waals surface area contributed by atoms with Crippen molar-refractivity contribution in [2.75, 3.05) is 5.88 Å². The van der Waals surface area contributed by atoms with E-state index in [4.69, 9.17) is 11.6 Å². The van der Waals surface area contributed by atoms with Crippen molar-refractivity contribution in [3.63, 3.8) is 0 Å². The largest absolute Gasteiger partial charge is 0.126 e. The van der Waals surface area contributed by atoms with Crippen LogP contribution in [0, 0.1) is 17.8 Å². The van der Waals surface area contributed by atoms with Gasteiger partial charge in [0.05, 0.1) is 0 Å². The van der Waals surface area contributed by atoms with Crippen molar-refractivity contribution in [1.29, 1.82) is 0 Å². The monoisotopic (exact) mass is 176 g/mol. The van der Waals surface area contributed by atoms with Gasteiger partial charge in [0.15, 0.2) is 0 Å². The van der Waals surface area contributed by atoms with Crippen LogP contribution in [-0.4, -0.2) is 5.88 Å². The van der Waals surface area contributed by atoms with E-state index in [-0.39, 0.29) is 0 Å². The Balaban J connectivity index is 3.81. The summed E-state index contributed by atoms with van der Waals surface area (Å²) in [6.07, 6.45) is 2.54. The van der Waals surface area contributed by atoms with Gasteiger partial charge >= 0.3 is 0 Å². The van der Waals surface area contributed by atoms with E-state index in [0.29, 0.717) is 0 Å². The zero-order valence-corrected chi connectivity index (χ0v) is 8.99. The molecule has 0 spiro atoms. The number of hydrogen-bond donors (Lipinski definition) is 0. The highest BCUT2D eigenvalue weighted by Crippen LogP contribution is 2.25. The summed E-state index contributed by atoms with van der Waals surface area (Å²) in [4.78, 5) is 0. The number of alkyl halides is 1. The van der Waals surface area contributed by atoms with E-state index in [0.717, 1.165) is 23.6 Å². The molecule has 2 unspecified atom stereocenters. The molecule has 0 aliphatic heterocycles. The van der Waals surface area contributed by atoms with Crippen LogP contribution in [0.3, 0.4) is 0 Å². The van der Waals surface area contributed by atoms with E-state index in [1.54, 1.807) is 0 Å². The van der Waals surface area contributed by atoms with Gasteiger partial charge in [-0.2, -0.15) is 0 Å². The maximum absolute atomic E-state index is 5.89. The predicted octanol–water partition coefficient (Wildman–Crippen LogP) is 3.93. The molecule has 2 atom stereocenters. The van der Waals surface area contributed by atoms with E-state index in [2.05, 4.69) is 27.7 Å². The number of halogens is 1. The topological polar surface area (TPSA) is 0 Å². The van der Waals surface area contributed by atoms with Gasteiger partial charge in [0.1, 0.15) is 0 Å². The van der Waals surface area contributed by atoms with Gasteiger partial charge in [0.25, 0.3) is 0 Å². The highest BCUT2D eigenvalue weighted by molar-refractivity contribution is 6.18. The molecule has 1 heteroatoms. The van der Waals surface area contributed by atoms with Gasteiger partial charge < -0.3 is 0 Å². The van der Waals surface area contributed by atoms with Crippen molar-refractivity contribution >= 4 is 11.6 Å². The second kappa shape index (κ2) is 5.88. The summed E-state index contributed by atoms with van der Waals surface area (Å²) in [5.74, 6) is 3.09. The van der Waals surface area contributed by atoms with Crippen LogP contribution < -0.4 is 0 Å². The van der Waals surface area contributed by atoms with Crippen LogP contribution in [0.15, 0.2) is 0 Å². The SMILES string of the molecule is CCCC(CCl)C(C)C(C)C. The molecule has 0 saturated heterocycles. The third-order valence-electron chi connectivity index (χ3n) is 2.65. The molecule has 0 amide bonds. The van der Waals surface area contributed by atoms with Gasteiger partial charge in [-0.1, -0.05) is 34.1 Å². The first-order chi connectivity index (χ1) is 5.13. The van der Waals surface area contributed by atoms with Crippen LogP contribution in [0.2, 0.25) is 0 Å². The average molecular weight is 177 g/mol. The molecule has 0 aliphatic rings. The van der Waals surface area contributed by atoms with Gasteiger partial charge in [-0.05, 0) is 24.2 Å². The average Bonchev–Trinajstić information content (AvgIpc) is 1.98. The molecule has 0 heterocycles. The van der Waals surface area contributed by atoms with Crippen LogP contribution in [0.1, 0.15) is 40.5 Å². The molecular formula is C10H21Cl. The summed E-state index contributed by atoms with van der Waals surface area (Å²) in [6, 6.07) is 0. The lowest BCUT2D eigenvalue weighted by Crippen LogP contribution is -2.18. The molecule has 0 aromatic rings. The summed E-state index contributed by atoms with van der Waals surface area (Å²) in [6.45, 7) is 9.10. The molecule has 0 nitrogen and oxygen atoms in total. The second-order valence-corrected chi connectivity index (χ2v) is 4.11. The van der Waals surface area contributed by atoms with E-state index in [1.165, 1.54) is 12.8 Å². The van der Waals surface area contributed by atoms with Crippen LogP contribution >= 0.6 is 11.6 Å². The lowest BCUT2D eigenvalue weighted by molar-refractivity contribution is 0.283. The fourth-order valence-corrected chi connectivity index (χ4v) is 1.83. The van der Waals surface area contributed by atoms with Crippen molar-refractivity contribution in [1.82, 2.24) is 0 Å². The van der Waals surface area contributed by atoms with Crippen LogP contribution in [0.5, 0.6) is 0 Å². The molecule has 0 N–H and O–H groups in total. The molecule has 0 rings (SSSR count). The van der Waals surface area contributed by atoms with Gasteiger partial charge in [-0.15, -0.1) is 11.6 Å². The summed E-state index contributed by atoms with van der Waals surface area (Å²) in [5, 5.41) is 0. The smallest absolute Gasteiger partial charge is 0.0254 e. The molecule has 0 fully saturated rings. The van der Waals surface area contributed by atoms with Crippen LogP contribution in [0.4, 0.5) is 0 Å². The Morgan fingerprint density at radius 3 is 2.00 bits per heavy atom. The lowest BCUT2D eigenvalue weighted by Gasteiger charge is -2.24. The Bertz CT molecular complexity index is 88.9. The fraction of sp³-hybridized carbons (Fsp3) is 1.00. The summed E-state index contributed by atoms with van der Waals surface area (Å²) in [5.41, 5.74) is 0. The summed E-state index contributed by atoms with van der Waals surface area (Å²) < 4.78 is 0. The lowest BCUT2D eigenvalue weighted by atomic mass is 9.83. The first kappa shape index (κ1) is 11.3. The van der Waals surface area contributed by atoms with Crippen LogP contribution in [0.25, 0.3) is 0 Å². The van der Waals surface area contributed by atoms with Crippen molar-refractivity contribution in [3.05, 3.63) is 0 Å². The molecule has 0 bridgehead atoms. The zero-order valence-electron chi connectivity index (χ0n) is 8.23. The van der Waals surface area contributed by atoms with E-state index < -0.39 is 0 Å². The molecule has 68 valence electrons. The minimum atomic E-state index is 0.724. The Morgan fingerprint density at radius 1 is 1.18 bits per heavy atom. The fourth-order valence-electron chi connectivity index (χ4n) is 1.40. The third kappa shape index (κ3) is 4.00. The Morgan fingerprint density at radius 2 is 1.73 bits per heavy atom. The minimum Gasteiger partial charge on any atom is -0.126 e. The molecule has 0 aliphatic carbocycles. The van der Waals surface area contributed by atoms with Crippen molar-refractivity contribution in [2.45, 2.75) is 40.5 Å². The van der Waals surface area contributed by atoms with E-state index in [1.807, 2.05) is 0 Å². The molecule has 0 aromatic carbocycles. The van der Waals surface area contributed by atoms with Crippen molar-refractivity contribution < 1.29 is 0 Å². The quantitative estimate of drug-likeness (QED) is 0.557. The minimum absolute atomic E-state index is 0.724. The van der Waals surface area contributed by atoms with Gasteiger partial charge in [0.2, 0.25) is 0 Å². The second-order valence-electron chi connectivity index (χ2n) is 3.81. The summed E-state index contributed by atoms with van der Waals surface area (Å²) in [7, 11) is 0. The van der Waals surface area contributed by atoms with Crippen LogP contribution in [-0.2, 0) is 0 Å². The number of hydrogen-bond acceptors (Lipinski definition) is 0. The highest BCUT2D eigenvalue weighted by Gasteiger charge is 2.17. The first-order valence-electron chi connectivity index (χ1n) is 4.69. The maximum Gasteiger partial charge on any atom is 0.0254 e. The molecular weight excluding hydrogens is 156 g/mol. The molecule has 0 radical (unpaired) electrons. The van der Waals surface area contributed by atoms with Gasteiger partial charge in [-0.3, -0.25) is 0 Å². The van der Waals surface area contributed by atoms with E-state index >= 15 is 0 Å². The standard InChI is InChI=1S/C10H21Cl/c1-5-6-10(7-11)9(4)8(2)3/h8-10H,5-7H2,1-4H3. The van der Waals surface area contributed by atoms with Crippen molar-refractivity contribution in [3.8, 4) is 0 Å². The maximum atomic E-state index is 5.89.